The minimum atomic E-state index is -1.79. The number of hydrogen-bond acceptors (Lipinski definition) is 2. The van der Waals surface area contributed by atoms with E-state index in [4.69, 9.17) is 7.58 Å². The van der Waals surface area contributed by atoms with E-state index in [0.29, 0.717) is 0 Å². The van der Waals surface area contributed by atoms with Crippen LogP contribution in [0.1, 0.15) is 160 Å². The van der Waals surface area contributed by atoms with Crippen molar-refractivity contribution in [1.82, 2.24) is 0 Å². The second-order valence-electron chi connectivity index (χ2n) is 12.2. The van der Waals surface area contributed by atoms with E-state index in [9.17, 15) is 0 Å². The number of aryl methyl sites for hydroxylation is 2. The maximum absolute atomic E-state index is 6.31. The Morgan fingerprint density at radius 1 is 0.390 bits per heavy atom. The van der Waals surface area contributed by atoms with Gasteiger partial charge in [0.1, 0.15) is 0 Å². The quantitative estimate of drug-likeness (QED) is 0.0775. The van der Waals surface area contributed by atoms with Gasteiger partial charge in [0.05, 0.1) is 11.5 Å². The molecule has 41 heavy (non-hydrogen) atoms. The zero-order valence-electron chi connectivity index (χ0n) is 27.3. The molecule has 2 aromatic rings. The summed E-state index contributed by atoms with van der Waals surface area (Å²) in [7, 11) is 0. The summed E-state index contributed by atoms with van der Waals surface area (Å²) in [6.07, 6.45) is 30.1. The minimum Gasteiger partial charge on any atom is -0.612 e. The van der Waals surface area contributed by atoms with E-state index in [-0.39, 0.29) is 0 Å². The molecule has 0 unspecified atom stereocenters. The van der Waals surface area contributed by atoms with Crippen LogP contribution < -0.4 is 7.58 Å². The fraction of sp³-hybridized carbons (Fsp3) is 0.684. The average Bonchev–Trinajstić information content (AvgIpc) is 3.00. The van der Waals surface area contributed by atoms with Crippen molar-refractivity contribution in [1.29, 1.82) is 0 Å². The first-order valence-corrected chi connectivity index (χ1v) is 19.5. The van der Waals surface area contributed by atoms with Gasteiger partial charge >= 0.3 is 14.8 Å². The molecule has 0 spiro atoms. The molecule has 0 aliphatic rings. The molecule has 2 nitrogen and oxygen atoms in total. The largest absolute Gasteiger partial charge is 0.856 e. The van der Waals surface area contributed by atoms with Crippen LogP contribution in [0.4, 0.5) is 0 Å². The van der Waals surface area contributed by atoms with E-state index < -0.39 is 14.8 Å². The van der Waals surface area contributed by atoms with Crippen LogP contribution in [-0.2, 0) is 12.8 Å². The van der Waals surface area contributed by atoms with Crippen molar-refractivity contribution in [3.63, 3.8) is 0 Å². The highest BCUT2D eigenvalue weighted by Gasteiger charge is 2.29. The molecule has 0 heterocycles. The summed E-state index contributed by atoms with van der Waals surface area (Å²) in [5.41, 5.74) is 2.84. The molecule has 0 N–H and O–H groups in total. The second kappa shape index (κ2) is 25.1. The number of unbranched alkanes of at least 4 members (excludes halogenated alkanes) is 18. The first-order valence-electron chi connectivity index (χ1n) is 17.8. The Morgan fingerprint density at radius 3 is 0.976 bits per heavy atom. The standard InChI is InChI=1S/2C18H30O.C2H5.Al/c2*1-2-3-4-5-6-7-8-9-10-11-12-17-13-15-18(19)16-14-17;1-2;/h2*13-16,19H,2-12H2,1H3;1H2,2H3;/q;;;+2/p-2. The molecule has 0 aromatic heterocycles. The normalized spacial score (nSPS) is 11.1. The molecule has 2 aromatic carbocycles. The van der Waals surface area contributed by atoms with Crippen LogP contribution in [0, 0.1) is 0 Å². The van der Waals surface area contributed by atoms with E-state index in [1.165, 1.54) is 152 Å². The highest BCUT2D eigenvalue weighted by molar-refractivity contribution is 6.46. The van der Waals surface area contributed by atoms with Gasteiger partial charge in [0.15, 0.2) is 0 Å². The van der Waals surface area contributed by atoms with Crippen LogP contribution in [0.3, 0.4) is 0 Å². The zero-order chi connectivity index (χ0) is 29.2. The zero-order valence-corrected chi connectivity index (χ0v) is 28.4. The second-order valence-corrected chi connectivity index (χ2v) is 14.4. The molecule has 0 saturated carbocycles. The van der Waals surface area contributed by atoms with Gasteiger partial charge in [-0.15, -0.1) is 0 Å². The van der Waals surface area contributed by atoms with E-state index in [1.54, 1.807) is 0 Å². The predicted molar refractivity (Wildman–Crippen MR) is 181 cm³/mol. The summed E-state index contributed by atoms with van der Waals surface area (Å²) >= 11 is -1.79. The third-order valence-corrected chi connectivity index (χ3v) is 10.1. The third kappa shape index (κ3) is 18.7. The van der Waals surface area contributed by atoms with Gasteiger partial charge in [0.25, 0.3) is 0 Å². The lowest BCUT2D eigenvalue weighted by atomic mass is 10.0. The topological polar surface area (TPSA) is 18.5 Å². The van der Waals surface area contributed by atoms with Crippen LogP contribution in [0.5, 0.6) is 11.5 Å². The van der Waals surface area contributed by atoms with E-state index in [2.05, 4.69) is 69.3 Å². The number of hydrogen-bond donors (Lipinski definition) is 0. The maximum Gasteiger partial charge on any atom is 0.856 e. The van der Waals surface area contributed by atoms with Gasteiger partial charge in [-0.25, -0.2) is 0 Å². The van der Waals surface area contributed by atoms with Crippen molar-refractivity contribution in [3.05, 3.63) is 59.7 Å². The minimum absolute atomic E-state index is 0.945. The van der Waals surface area contributed by atoms with Gasteiger partial charge in [0.2, 0.25) is 0 Å². The van der Waals surface area contributed by atoms with Gasteiger partial charge in [-0.1, -0.05) is 161 Å². The Bertz CT molecular complexity index is 763. The van der Waals surface area contributed by atoms with Gasteiger partial charge in [0, 0.05) is 0 Å². The molecule has 0 atom stereocenters. The summed E-state index contributed by atoms with van der Waals surface area (Å²) in [5.74, 6) is 1.90. The van der Waals surface area contributed by atoms with Crippen molar-refractivity contribution in [2.45, 2.75) is 167 Å². The van der Waals surface area contributed by atoms with Gasteiger partial charge in [-0.2, -0.15) is 0 Å². The molecule has 0 bridgehead atoms. The van der Waals surface area contributed by atoms with Gasteiger partial charge in [-0.3, -0.25) is 0 Å². The summed E-state index contributed by atoms with van der Waals surface area (Å²) in [4.78, 5) is 0. The van der Waals surface area contributed by atoms with Crippen molar-refractivity contribution in [2.75, 3.05) is 0 Å². The van der Waals surface area contributed by atoms with E-state index in [0.717, 1.165) is 16.8 Å². The lowest BCUT2D eigenvalue weighted by Gasteiger charge is -2.16. The van der Waals surface area contributed by atoms with E-state index >= 15 is 0 Å². The molecular weight excluding hydrogens is 515 g/mol. The molecule has 0 fully saturated rings. The molecular formula is C38H63AlO2. The lowest BCUT2D eigenvalue weighted by molar-refractivity contribution is 0.423. The SMILES string of the molecule is CCCCCCCCCCCCc1ccc([O][Al]([CH2]C)[O]c2ccc(CCCCCCCCCCCC)cc2)cc1. The van der Waals surface area contributed by atoms with Crippen LogP contribution in [0.2, 0.25) is 5.28 Å². The van der Waals surface area contributed by atoms with E-state index in [1.807, 2.05) is 0 Å². The Balaban J connectivity index is 1.56. The first-order chi connectivity index (χ1) is 20.2. The summed E-state index contributed by atoms with van der Waals surface area (Å²) in [6, 6.07) is 17.5. The lowest BCUT2D eigenvalue weighted by Crippen LogP contribution is -2.28. The number of benzene rings is 2. The Hall–Kier alpha value is -1.43. The predicted octanol–water partition coefficient (Wildman–Crippen LogP) is 12.6. The summed E-state index contributed by atoms with van der Waals surface area (Å²) < 4.78 is 12.6. The van der Waals surface area contributed by atoms with Crippen LogP contribution in [0.25, 0.3) is 0 Å². The third-order valence-electron chi connectivity index (χ3n) is 8.35. The van der Waals surface area contributed by atoms with Crippen LogP contribution in [-0.4, -0.2) is 14.8 Å². The molecule has 230 valence electrons. The Labute approximate surface area is 260 Å². The fourth-order valence-corrected chi connectivity index (χ4v) is 6.90. The monoisotopic (exact) mass is 578 g/mol. The highest BCUT2D eigenvalue weighted by atomic mass is 27.2. The average molecular weight is 579 g/mol. The summed E-state index contributed by atoms with van der Waals surface area (Å²) in [5, 5.41) is 0.945. The van der Waals surface area contributed by atoms with Crippen molar-refractivity contribution >= 4 is 14.8 Å². The summed E-state index contributed by atoms with van der Waals surface area (Å²) in [6.45, 7) is 6.76. The molecule has 0 radical (unpaired) electrons. The van der Waals surface area contributed by atoms with Gasteiger partial charge in [-0.05, 0) is 66.4 Å². The van der Waals surface area contributed by atoms with Gasteiger partial charge < -0.3 is 7.58 Å². The van der Waals surface area contributed by atoms with Crippen LogP contribution in [0.15, 0.2) is 48.5 Å². The molecule has 0 saturated heterocycles. The van der Waals surface area contributed by atoms with Crippen LogP contribution >= 0.6 is 0 Å². The van der Waals surface area contributed by atoms with Crippen molar-refractivity contribution in [2.24, 2.45) is 0 Å². The fourth-order valence-electron chi connectivity index (χ4n) is 5.60. The first kappa shape index (κ1) is 35.8. The number of rotatable bonds is 27. The Morgan fingerprint density at radius 2 is 0.683 bits per heavy atom. The molecule has 2 rings (SSSR count). The van der Waals surface area contributed by atoms with Crippen molar-refractivity contribution in [3.8, 4) is 11.5 Å². The smallest absolute Gasteiger partial charge is 0.612 e. The molecule has 0 aliphatic carbocycles. The Kier molecular flexibility index (Phi) is 21.9. The highest BCUT2D eigenvalue weighted by Crippen LogP contribution is 2.20. The molecule has 3 heteroatoms. The molecule has 0 amide bonds. The van der Waals surface area contributed by atoms with Crippen molar-refractivity contribution < 1.29 is 7.58 Å². The maximum atomic E-state index is 6.31. The molecule has 0 aliphatic heterocycles.